The van der Waals surface area contributed by atoms with E-state index >= 15 is 0 Å². The van der Waals surface area contributed by atoms with Crippen molar-refractivity contribution in [1.29, 1.82) is 0 Å². The Balaban J connectivity index is 2.11. The third-order valence-corrected chi connectivity index (χ3v) is 1.37. The van der Waals surface area contributed by atoms with Gasteiger partial charge in [0.2, 0.25) is 0 Å². The van der Waals surface area contributed by atoms with E-state index in [2.05, 4.69) is 24.6 Å². The molecule has 0 atom stereocenters. The second-order valence-electron chi connectivity index (χ2n) is 1.88. The van der Waals surface area contributed by atoms with Gasteiger partial charge >= 0.3 is 0 Å². The van der Waals surface area contributed by atoms with Crippen LogP contribution in [0.4, 0.5) is 0 Å². The number of nitrogens with zero attached hydrogens (tertiary/aromatic N) is 1. The van der Waals surface area contributed by atoms with Crippen LogP contribution in [0, 0.1) is 0 Å². The lowest BCUT2D eigenvalue weighted by Crippen LogP contribution is -2.44. The van der Waals surface area contributed by atoms with Crippen molar-refractivity contribution in [2.75, 3.05) is 20.1 Å². The summed E-state index contributed by atoms with van der Waals surface area (Å²) in [7, 11) is 2.10. The maximum Gasteiger partial charge on any atom is 0.0271 e. The molecule has 0 aromatic heterocycles. The summed E-state index contributed by atoms with van der Waals surface area (Å²) in [4.78, 5) is 2.25. The summed E-state index contributed by atoms with van der Waals surface area (Å²) in [5, 5.41) is 0.662. The highest BCUT2D eigenvalue weighted by Gasteiger charge is 2.17. The predicted octanol–water partition coefficient (Wildman–Crippen LogP) is 0.230. The summed E-state index contributed by atoms with van der Waals surface area (Å²) >= 11 is 4.20. The van der Waals surface area contributed by atoms with Gasteiger partial charge in [-0.25, -0.2) is 0 Å². The lowest BCUT2D eigenvalue weighted by atomic mass is 10.2. The molecule has 1 aliphatic rings. The van der Waals surface area contributed by atoms with Crippen LogP contribution in [-0.4, -0.2) is 30.3 Å². The maximum atomic E-state index is 4.20. The van der Waals surface area contributed by atoms with E-state index in [-0.39, 0.29) is 0 Å². The molecule has 0 spiro atoms. The minimum absolute atomic E-state index is 0.662. The quantitative estimate of drug-likeness (QED) is 0.429. The molecule has 0 radical (unpaired) electrons. The van der Waals surface area contributed by atoms with E-state index in [1.807, 2.05) is 0 Å². The van der Waals surface area contributed by atoms with Crippen molar-refractivity contribution in [2.45, 2.75) is 5.25 Å². The smallest absolute Gasteiger partial charge is 0.0271 e. The molecule has 0 unspecified atom stereocenters. The van der Waals surface area contributed by atoms with E-state index in [4.69, 9.17) is 0 Å². The lowest BCUT2D eigenvalue weighted by molar-refractivity contribution is 0.241. The van der Waals surface area contributed by atoms with Gasteiger partial charge in [0.1, 0.15) is 0 Å². The molecule has 1 fully saturated rings. The first-order valence-electron chi connectivity index (χ1n) is 2.15. The van der Waals surface area contributed by atoms with E-state index in [0.717, 1.165) is 0 Å². The molecule has 1 rings (SSSR count). The summed E-state index contributed by atoms with van der Waals surface area (Å²) in [6.45, 7) is 2.34. The average Bonchev–Trinajstić information content (AvgIpc) is 1.33. The molecule has 36 valence electrons. The Labute approximate surface area is 43.7 Å². The van der Waals surface area contributed by atoms with Crippen molar-refractivity contribution in [1.82, 2.24) is 4.90 Å². The first kappa shape index (κ1) is 4.47. The summed E-state index contributed by atoms with van der Waals surface area (Å²) < 4.78 is 0. The monoisotopic (exact) mass is 103 g/mol. The van der Waals surface area contributed by atoms with Crippen LogP contribution in [0.15, 0.2) is 0 Å². The van der Waals surface area contributed by atoms with Gasteiger partial charge in [-0.15, -0.1) is 0 Å². The molecular weight excluding hydrogens is 94.1 g/mol. The van der Waals surface area contributed by atoms with Gasteiger partial charge in [-0.1, -0.05) is 0 Å². The molecule has 6 heavy (non-hydrogen) atoms. The molecule has 1 aliphatic heterocycles. The van der Waals surface area contributed by atoms with Crippen LogP contribution in [0.3, 0.4) is 0 Å². The van der Waals surface area contributed by atoms with Crippen LogP contribution in [0.5, 0.6) is 0 Å². The molecule has 1 saturated heterocycles. The SMILES string of the molecule is CN1CC(S)C1. The zero-order valence-corrected chi connectivity index (χ0v) is 4.78. The van der Waals surface area contributed by atoms with E-state index in [9.17, 15) is 0 Å². The summed E-state index contributed by atoms with van der Waals surface area (Å²) in [6, 6.07) is 0. The number of hydrogen-bond donors (Lipinski definition) is 1. The van der Waals surface area contributed by atoms with Crippen LogP contribution in [0.2, 0.25) is 0 Å². The van der Waals surface area contributed by atoms with Crippen molar-refractivity contribution in [3.63, 3.8) is 0 Å². The van der Waals surface area contributed by atoms with Gasteiger partial charge in [0.15, 0.2) is 0 Å². The predicted molar refractivity (Wildman–Crippen MR) is 30.3 cm³/mol. The van der Waals surface area contributed by atoms with E-state index in [1.165, 1.54) is 13.1 Å². The maximum absolute atomic E-state index is 4.20. The molecule has 0 aliphatic carbocycles. The van der Waals surface area contributed by atoms with Crippen LogP contribution < -0.4 is 0 Å². The highest BCUT2D eigenvalue weighted by molar-refractivity contribution is 7.81. The van der Waals surface area contributed by atoms with Crippen molar-refractivity contribution in [2.24, 2.45) is 0 Å². The van der Waals surface area contributed by atoms with Gasteiger partial charge in [0.05, 0.1) is 0 Å². The fourth-order valence-electron chi connectivity index (χ4n) is 0.666. The van der Waals surface area contributed by atoms with Crippen molar-refractivity contribution >= 4 is 12.6 Å². The lowest BCUT2D eigenvalue weighted by Gasteiger charge is -2.32. The van der Waals surface area contributed by atoms with Crippen LogP contribution in [0.25, 0.3) is 0 Å². The molecular formula is C4H9NS. The Morgan fingerprint density at radius 1 is 1.67 bits per heavy atom. The highest BCUT2D eigenvalue weighted by Crippen LogP contribution is 2.08. The van der Waals surface area contributed by atoms with Gasteiger partial charge in [-0.2, -0.15) is 12.6 Å². The Hall–Kier alpha value is 0.310. The third kappa shape index (κ3) is 0.684. The third-order valence-electron chi connectivity index (χ3n) is 1.04. The molecule has 2 heteroatoms. The fraction of sp³-hybridized carbons (Fsp3) is 1.00. The first-order valence-corrected chi connectivity index (χ1v) is 2.67. The van der Waals surface area contributed by atoms with Crippen LogP contribution in [-0.2, 0) is 0 Å². The van der Waals surface area contributed by atoms with Crippen molar-refractivity contribution in [3.8, 4) is 0 Å². The van der Waals surface area contributed by atoms with Gasteiger partial charge in [-0.3, -0.25) is 0 Å². The van der Waals surface area contributed by atoms with Crippen LogP contribution >= 0.6 is 12.6 Å². The molecule has 0 saturated carbocycles. The topological polar surface area (TPSA) is 3.24 Å². The molecule has 1 heterocycles. The van der Waals surface area contributed by atoms with Gasteiger partial charge in [0.25, 0.3) is 0 Å². The van der Waals surface area contributed by atoms with E-state index in [0.29, 0.717) is 5.25 Å². The number of hydrogen-bond acceptors (Lipinski definition) is 2. The highest BCUT2D eigenvalue weighted by atomic mass is 32.1. The van der Waals surface area contributed by atoms with E-state index in [1.54, 1.807) is 0 Å². The average molecular weight is 103 g/mol. The normalized spacial score (nSPS) is 27.0. The largest absolute Gasteiger partial charge is 0.304 e. The van der Waals surface area contributed by atoms with Gasteiger partial charge in [-0.05, 0) is 7.05 Å². The number of thiol groups is 1. The Kier molecular flexibility index (Phi) is 1.06. The van der Waals surface area contributed by atoms with E-state index < -0.39 is 0 Å². The number of rotatable bonds is 0. The van der Waals surface area contributed by atoms with Gasteiger partial charge < -0.3 is 4.90 Å². The zero-order chi connectivity index (χ0) is 4.57. The second-order valence-corrected chi connectivity index (χ2v) is 2.61. The summed E-state index contributed by atoms with van der Waals surface area (Å²) in [6.07, 6.45) is 0. The minimum Gasteiger partial charge on any atom is -0.304 e. The molecule has 0 amide bonds. The molecule has 0 bridgehead atoms. The Bertz CT molecular complexity index is 43.5. The van der Waals surface area contributed by atoms with Gasteiger partial charge in [0, 0.05) is 18.3 Å². The summed E-state index contributed by atoms with van der Waals surface area (Å²) in [5.74, 6) is 0. The second kappa shape index (κ2) is 1.43. The van der Waals surface area contributed by atoms with Crippen molar-refractivity contribution < 1.29 is 0 Å². The minimum atomic E-state index is 0.662. The number of likely N-dealkylation sites (tertiary alicyclic amines) is 1. The Morgan fingerprint density at radius 3 is 2.17 bits per heavy atom. The molecule has 0 aromatic rings. The standard InChI is InChI=1S/C4H9NS/c1-5-2-4(6)3-5/h4,6H,2-3H2,1H3. The zero-order valence-electron chi connectivity index (χ0n) is 3.89. The Morgan fingerprint density at radius 2 is 2.17 bits per heavy atom. The molecule has 0 N–H and O–H groups in total. The van der Waals surface area contributed by atoms with Crippen molar-refractivity contribution in [3.05, 3.63) is 0 Å². The molecule has 1 nitrogen and oxygen atoms in total. The first-order chi connectivity index (χ1) is 2.79. The fourth-order valence-corrected chi connectivity index (χ4v) is 1.22. The molecule has 0 aromatic carbocycles. The summed E-state index contributed by atoms with van der Waals surface area (Å²) in [5.41, 5.74) is 0. The van der Waals surface area contributed by atoms with Crippen LogP contribution in [0.1, 0.15) is 0 Å².